The fourth-order valence-corrected chi connectivity index (χ4v) is 4.68. The first-order chi connectivity index (χ1) is 19.2. The molecule has 0 bridgehead atoms. The third kappa shape index (κ3) is 13.1. The van der Waals surface area contributed by atoms with Gasteiger partial charge in [-0.25, -0.2) is 0 Å². The Morgan fingerprint density at radius 3 is 2.48 bits per heavy atom. The maximum atomic E-state index is 8.86. The summed E-state index contributed by atoms with van der Waals surface area (Å²) in [6, 6.07) is 10.8. The van der Waals surface area contributed by atoms with Gasteiger partial charge in [0.15, 0.2) is 0 Å². The van der Waals surface area contributed by atoms with E-state index in [0.29, 0.717) is 29.4 Å². The van der Waals surface area contributed by atoms with Crippen LogP contribution in [0, 0.1) is 35.2 Å². The number of nitriles is 1. The average molecular weight is 544 g/mol. The summed E-state index contributed by atoms with van der Waals surface area (Å²) in [7, 11) is 0. The lowest BCUT2D eigenvalue weighted by Gasteiger charge is -2.28. The van der Waals surface area contributed by atoms with E-state index in [1.54, 1.807) is 6.26 Å². The van der Waals surface area contributed by atoms with E-state index in [-0.39, 0.29) is 6.04 Å². The van der Waals surface area contributed by atoms with Crippen LogP contribution in [0.15, 0.2) is 103 Å². The lowest BCUT2D eigenvalue weighted by atomic mass is 9.86. The number of hydrogen-bond acceptors (Lipinski definition) is 4. The lowest BCUT2D eigenvalue weighted by molar-refractivity contribution is 0.365. The summed E-state index contributed by atoms with van der Waals surface area (Å²) < 4.78 is 5.07. The van der Waals surface area contributed by atoms with Crippen molar-refractivity contribution in [3.05, 3.63) is 109 Å². The molecule has 218 valence electrons. The third-order valence-electron chi connectivity index (χ3n) is 7.49. The SMILES string of the molecule is C=C[C@H](C)CNC(=C)[C@@H](CC1C=C(C)C(OC#N)=CC1)NC(=C)/C=C/CCC(C)C(C)Cc1ccccc1.CC. The predicted octanol–water partition coefficient (Wildman–Crippen LogP) is 9.00. The lowest BCUT2D eigenvalue weighted by Crippen LogP contribution is -2.38. The molecule has 0 aliphatic heterocycles. The van der Waals surface area contributed by atoms with Gasteiger partial charge in [0, 0.05) is 17.9 Å². The van der Waals surface area contributed by atoms with E-state index in [0.717, 1.165) is 55.6 Å². The van der Waals surface area contributed by atoms with Crippen molar-refractivity contribution >= 4 is 0 Å². The predicted molar refractivity (Wildman–Crippen MR) is 172 cm³/mol. The zero-order valence-electron chi connectivity index (χ0n) is 25.9. The Hall–Kier alpha value is -3.45. The molecule has 40 heavy (non-hydrogen) atoms. The Morgan fingerprint density at radius 1 is 1.15 bits per heavy atom. The van der Waals surface area contributed by atoms with Crippen molar-refractivity contribution in [3.8, 4) is 6.26 Å². The van der Waals surface area contributed by atoms with E-state index in [4.69, 9.17) is 10.00 Å². The number of rotatable bonds is 17. The molecule has 2 rings (SSSR count). The molecule has 2 N–H and O–H groups in total. The van der Waals surface area contributed by atoms with Gasteiger partial charge in [0.25, 0.3) is 6.26 Å². The van der Waals surface area contributed by atoms with Crippen LogP contribution in [0.5, 0.6) is 0 Å². The molecule has 0 heterocycles. The Bertz CT molecular complexity index is 1040. The summed E-state index contributed by atoms with van der Waals surface area (Å²) in [6.07, 6.45) is 17.2. The summed E-state index contributed by atoms with van der Waals surface area (Å²) in [5, 5.41) is 15.9. The second kappa shape index (κ2) is 19.6. The molecule has 0 radical (unpaired) electrons. The van der Waals surface area contributed by atoms with Gasteiger partial charge in [-0.1, -0.05) is 96.3 Å². The van der Waals surface area contributed by atoms with Gasteiger partial charge in [-0.15, -0.1) is 11.8 Å². The Labute approximate surface area is 245 Å². The fraction of sp³-hybridized carbons (Fsp3) is 0.472. The molecule has 0 aromatic heterocycles. The van der Waals surface area contributed by atoms with Crippen molar-refractivity contribution < 1.29 is 4.74 Å². The fourth-order valence-electron chi connectivity index (χ4n) is 4.68. The van der Waals surface area contributed by atoms with Gasteiger partial charge in [-0.2, -0.15) is 0 Å². The topological polar surface area (TPSA) is 57.1 Å². The van der Waals surface area contributed by atoms with Crippen LogP contribution in [0.1, 0.15) is 72.8 Å². The minimum Gasteiger partial charge on any atom is -0.388 e. The normalized spacial score (nSPS) is 17.5. The number of benzene rings is 1. The molecule has 0 amide bonds. The van der Waals surface area contributed by atoms with Gasteiger partial charge in [0.1, 0.15) is 5.76 Å². The molecule has 1 aromatic carbocycles. The maximum Gasteiger partial charge on any atom is 0.292 e. The van der Waals surface area contributed by atoms with E-state index >= 15 is 0 Å². The van der Waals surface area contributed by atoms with E-state index in [9.17, 15) is 0 Å². The molecule has 5 atom stereocenters. The van der Waals surface area contributed by atoms with Gasteiger partial charge in [-0.3, -0.25) is 0 Å². The van der Waals surface area contributed by atoms with E-state index in [1.165, 1.54) is 5.56 Å². The first-order valence-electron chi connectivity index (χ1n) is 14.9. The van der Waals surface area contributed by atoms with Crippen molar-refractivity contribution in [1.29, 1.82) is 5.26 Å². The second-order valence-corrected chi connectivity index (χ2v) is 10.8. The molecule has 4 heteroatoms. The van der Waals surface area contributed by atoms with Crippen molar-refractivity contribution in [2.75, 3.05) is 6.54 Å². The van der Waals surface area contributed by atoms with Crippen LogP contribution in [0.2, 0.25) is 0 Å². The van der Waals surface area contributed by atoms with E-state index in [1.807, 2.05) is 32.9 Å². The molecule has 0 spiro atoms. The molecule has 0 saturated heterocycles. The highest BCUT2D eigenvalue weighted by molar-refractivity contribution is 5.30. The number of nitrogens with zero attached hydrogens (tertiary/aromatic N) is 1. The molecular formula is C36H53N3O. The zero-order valence-corrected chi connectivity index (χ0v) is 25.9. The maximum absolute atomic E-state index is 8.86. The van der Waals surface area contributed by atoms with Gasteiger partial charge in [-0.05, 0) is 86.0 Å². The Balaban J connectivity index is 0.00000391. The quantitative estimate of drug-likeness (QED) is 0.117. The van der Waals surface area contributed by atoms with E-state index < -0.39 is 0 Å². The van der Waals surface area contributed by atoms with Gasteiger partial charge in [0.05, 0.1) is 6.04 Å². The zero-order chi connectivity index (χ0) is 29.9. The van der Waals surface area contributed by atoms with Crippen LogP contribution in [-0.4, -0.2) is 12.6 Å². The van der Waals surface area contributed by atoms with Crippen LogP contribution >= 0.6 is 0 Å². The van der Waals surface area contributed by atoms with Crippen molar-refractivity contribution in [1.82, 2.24) is 10.6 Å². The first-order valence-corrected chi connectivity index (χ1v) is 14.9. The summed E-state index contributed by atoms with van der Waals surface area (Å²) in [5.74, 6) is 2.62. The summed E-state index contributed by atoms with van der Waals surface area (Å²) in [5.41, 5.74) is 4.25. The monoisotopic (exact) mass is 543 g/mol. The van der Waals surface area contributed by atoms with Gasteiger partial charge in [0.2, 0.25) is 0 Å². The third-order valence-corrected chi connectivity index (χ3v) is 7.49. The Morgan fingerprint density at radius 2 is 1.85 bits per heavy atom. The highest BCUT2D eigenvalue weighted by Gasteiger charge is 2.21. The van der Waals surface area contributed by atoms with Crippen LogP contribution in [0.25, 0.3) is 0 Å². The molecule has 1 aliphatic rings. The molecular weight excluding hydrogens is 490 g/mol. The van der Waals surface area contributed by atoms with Crippen molar-refractivity contribution in [2.24, 2.45) is 23.7 Å². The minimum atomic E-state index is 0.0230. The molecule has 1 aliphatic carbocycles. The van der Waals surface area contributed by atoms with Crippen LogP contribution in [0.4, 0.5) is 0 Å². The summed E-state index contributed by atoms with van der Waals surface area (Å²) in [6.45, 7) is 26.1. The highest BCUT2D eigenvalue weighted by Crippen LogP contribution is 2.28. The summed E-state index contributed by atoms with van der Waals surface area (Å²) in [4.78, 5) is 0. The number of nitrogens with one attached hydrogen (secondary N) is 2. The van der Waals surface area contributed by atoms with Gasteiger partial charge < -0.3 is 15.4 Å². The molecule has 1 aromatic rings. The molecule has 0 saturated carbocycles. The first kappa shape index (κ1) is 34.6. The minimum absolute atomic E-state index is 0.0230. The van der Waals surface area contributed by atoms with E-state index in [2.05, 4.69) is 99.7 Å². The highest BCUT2D eigenvalue weighted by atomic mass is 16.5. The van der Waals surface area contributed by atoms with Gasteiger partial charge >= 0.3 is 0 Å². The van der Waals surface area contributed by atoms with Crippen molar-refractivity contribution in [2.45, 2.75) is 79.7 Å². The molecule has 0 fully saturated rings. The standard InChI is InChI=1S/C34H47N3O.C2H6/c1-8-25(2)23-36-30(7)33(22-32-18-19-34(38-24-35)28(5)21-32)37-29(6)15-13-12-14-26(3)27(4)20-31-16-10-9-11-17-31;1-2/h8-11,13,15-17,19,21,25-27,32-33,36-37H,1,6-7,12,14,18,20,22-23H2,2-5H3;1-2H3/b15-13+;/t25-,26?,27?,32?,33+;/m0./s1. The van der Waals surface area contributed by atoms with Crippen LogP contribution in [0.3, 0.4) is 0 Å². The average Bonchev–Trinajstić information content (AvgIpc) is 2.96. The largest absolute Gasteiger partial charge is 0.388 e. The second-order valence-electron chi connectivity index (χ2n) is 10.8. The smallest absolute Gasteiger partial charge is 0.292 e. The van der Waals surface area contributed by atoms with Crippen molar-refractivity contribution in [3.63, 3.8) is 0 Å². The molecule has 4 nitrogen and oxygen atoms in total. The Kier molecular flexibility index (Phi) is 16.9. The number of allylic oxidation sites excluding steroid dienone is 5. The number of hydrogen-bond donors (Lipinski definition) is 2. The number of ether oxygens (including phenoxy) is 1. The molecule has 3 unspecified atom stereocenters. The van der Waals surface area contributed by atoms with Crippen LogP contribution < -0.4 is 10.6 Å². The van der Waals surface area contributed by atoms with Crippen LogP contribution in [-0.2, 0) is 11.2 Å². The summed E-state index contributed by atoms with van der Waals surface area (Å²) >= 11 is 0.